The van der Waals surface area contributed by atoms with Crippen molar-refractivity contribution in [3.63, 3.8) is 0 Å². The Hall–Kier alpha value is -1.91. The first-order valence-corrected chi connectivity index (χ1v) is 9.49. The van der Waals surface area contributed by atoms with E-state index in [9.17, 15) is 0 Å². The summed E-state index contributed by atoms with van der Waals surface area (Å²) in [6.45, 7) is 11.8. The second-order valence-electron chi connectivity index (χ2n) is 7.78. The SMILES string of the molecule is CC1=CC(=N\OCCN2CCOCC2)/C(=C/c2ccccc2)C(C)(C)C1. The highest BCUT2D eigenvalue weighted by Gasteiger charge is 2.31. The molecule has 1 aromatic rings. The maximum absolute atomic E-state index is 5.71. The average Bonchev–Trinajstić information content (AvgIpc) is 2.63. The lowest BCUT2D eigenvalue weighted by atomic mass is 9.72. The molecule has 1 saturated heterocycles. The summed E-state index contributed by atoms with van der Waals surface area (Å²) >= 11 is 0. The largest absolute Gasteiger partial charge is 0.394 e. The van der Waals surface area contributed by atoms with Crippen LogP contribution in [0.25, 0.3) is 6.08 Å². The van der Waals surface area contributed by atoms with E-state index in [-0.39, 0.29) is 5.41 Å². The summed E-state index contributed by atoms with van der Waals surface area (Å²) < 4.78 is 5.38. The van der Waals surface area contributed by atoms with Crippen molar-refractivity contribution in [2.24, 2.45) is 10.6 Å². The van der Waals surface area contributed by atoms with Gasteiger partial charge in [0.15, 0.2) is 0 Å². The minimum atomic E-state index is 0.0427. The Morgan fingerprint density at radius 3 is 2.65 bits per heavy atom. The summed E-state index contributed by atoms with van der Waals surface area (Å²) in [6, 6.07) is 10.4. The van der Waals surface area contributed by atoms with Crippen molar-refractivity contribution in [1.29, 1.82) is 0 Å². The van der Waals surface area contributed by atoms with Crippen LogP contribution in [-0.2, 0) is 9.57 Å². The zero-order valence-electron chi connectivity index (χ0n) is 16.2. The molecule has 26 heavy (non-hydrogen) atoms. The second-order valence-corrected chi connectivity index (χ2v) is 7.78. The fourth-order valence-electron chi connectivity index (χ4n) is 3.67. The lowest BCUT2D eigenvalue weighted by Crippen LogP contribution is -2.38. The molecule has 1 aromatic carbocycles. The van der Waals surface area contributed by atoms with E-state index < -0.39 is 0 Å². The third kappa shape index (κ3) is 5.05. The number of benzene rings is 1. The molecule has 0 unspecified atom stereocenters. The van der Waals surface area contributed by atoms with Crippen molar-refractivity contribution in [2.75, 3.05) is 39.5 Å². The van der Waals surface area contributed by atoms with E-state index in [0.29, 0.717) is 6.61 Å². The van der Waals surface area contributed by atoms with Gasteiger partial charge in [0.2, 0.25) is 0 Å². The van der Waals surface area contributed by atoms with Crippen LogP contribution in [0.5, 0.6) is 0 Å². The van der Waals surface area contributed by atoms with Gasteiger partial charge in [0.1, 0.15) is 12.3 Å². The third-order valence-corrected chi connectivity index (χ3v) is 4.98. The molecule has 2 aliphatic rings. The highest BCUT2D eigenvalue weighted by molar-refractivity contribution is 6.13. The zero-order chi connectivity index (χ0) is 18.4. The van der Waals surface area contributed by atoms with Crippen LogP contribution in [-0.4, -0.2) is 50.1 Å². The van der Waals surface area contributed by atoms with Crippen LogP contribution in [0, 0.1) is 5.41 Å². The van der Waals surface area contributed by atoms with Crippen LogP contribution in [0.15, 0.2) is 52.7 Å². The fraction of sp³-hybridized carbons (Fsp3) is 0.500. The average molecular weight is 354 g/mol. The molecule has 0 saturated carbocycles. The molecule has 1 aliphatic carbocycles. The Morgan fingerprint density at radius 2 is 1.92 bits per heavy atom. The van der Waals surface area contributed by atoms with Gasteiger partial charge >= 0.3 is 0 Å². The number of ether oxygens (including phenoxy) is 1. The molecule has 0 amide bonds. The van der Waals surface area contributed by atoms with E-state index in [4.69, 9.17) is 9.57 Å². The van der Waals surface area contributed by atoms with Gasteiger partial charge in [-0.25, -0.2) is 0 Å². The number of oxime groups is 1. The molecule has 0 bridgehead atoms. The smallest absolute Gasteiger partial charge is 0.129 e. The van der Waals surface area contributed by atoms with Crippen molar-refractivity contribution in [3.8, 4) is 0 Å². The Kier molecular flexibility index (Phi) is 6.28. The number of morpholine rings is 1. The number of allylic oxidation sites excluding steroid dienone is 3. The van der Waals surface area contributed by atoms with E-state index in [2.05, 4.69) is 67.2 Å². The molecular formula is C22H30N2O2. The molecule has 140 valence electrons. The Balaban J connectivity index is 1.73. The first-order chi connectivity index (χ1) is 12.5. The number of hydrogen-bond donors (Lipinski definition) is 0. The molecule has 0 radical (unpaired) electrons. The third-order valence-electron chi connectivity index (χ3n) is 4.98. The maximum atomic E-state index is 5.71. The van der Waals surface area contributed by atoms with Gasteiger partial charge in [-0.1, -0.05) is 54.9 Å². The van der Waals surface area contributed by atoms with Gasteiger partial charge in [0.25, 0.3) is 0 Å². The Labute approximate surface area is 157 Å². The summed E-state index contributed by atoms with van der Waals surface area (Å²) in [6.07, 6.45) is 5.44. The van der Waals surface area contributed by atoms with Crippen LogP contribution in [0.1, 0.15) is 32.8 Å². The van der Waals surface area contributed by atoms with Gasteiger partial charge in [-0.15, -0.1) is 0 Å². The van der Waals surface area contributed by atoms with E-state index in [1.54, 1.807) is 0 Å². The molecule has 1 aliphatic heterocycles. The van der Waals surface area contributed by atoms with Gasteiger partial charge in [-0.05, 0) is 42.0 Å². The number of nitrogens with zero attached hydrogens (tertiary/aromatic N) is 2. The number of rotatable bonds is 5. The summed E-state index contributed by atoms with van der Waals surface area (Å²) in [5, 5.41) is 4.51. The molecule has 0 aromatic heterocycles. The van der Waals surface area contributed by atoms with E-state index in [1.807, 2.05) is 6.07 Å². The summed E-state index contributed by atoms with van der Waals surface area (Å²) in [7, 11) is 0. The van der Waals surface area contributed by atoms with Gasteiger partial charge in [0, 0.05) is 19.6 Å². The van der Waals surface area contributed by atoms with E-state index in [0.717, 1.165) is 45.0 Å². The number of hydrogen-bond acceptors (Lipinski definition) is 4. The quantitative estimate of drug-likeness (QED) is 0.588. The standard InChI is InChI=1S/C22H30N2O2/c1-18-15-21(23-26-14-11-24-9-12-25-13-10-24)20(22(2,3)17-18)16-19-7-5-4-6-8-19/h4-8,15-16H,9-14,17H2,1-3H3/b20-16-,23-21+. The topological polar surface area (TPSA) is 34.1 Å². The van der Waals surface area contributed by atoms with Crippen LogP contribution < -0.4 is 0 Å². The van der Waals surface area contributed by atoms with E-state index in [1.165, 1.54) is 16.7 Å². The minimum absolute atomic E-state index is 0.0427. The highest BCUT2D eigenvalue weighted by atomic mass is 16.6. The van der Waals surface area contributed by atoms with Crippen molar-refractivity contribution < 1.29 is 9.57 Å². The second kappa shape index (κ2) is 8.65. The van der Waals surface area contributed by atoms with Crippen LogP contribution in [0.4, 0.5) is 0 Å². The fourth-order valence-corrected chi connectivity index (χ4v) is 3.67. The molecule has 0 N–H and O–H groups in total. The monoisotopic (exact) mass is 354 g/mol. The highest BCUT2D eigenvalue weighted by Crippen LogP contribution is 2.39. The molecular weight excluding hydrogens is 324 g/mol. The molecule has 1 fully saturated rings. The summed E-state index contributed by atoms with van der Waals surface area (Å²) in [4.78, 5) is 8.06. The molecule has 0 atom stereocenters. The van der Waals surface area contributed by atoms with Gasteiger partial charge < -0.3 is 9.57 Å². The van der Waals surface area contributed by atoms with Crippen LogP contribution >= 0.6 is 0 Å². The van der Waals surface area contributed by atoms with Crippen molar-refractivity contribution >= 4 is 11.8 Å². The van der Waals surface area contributed by atoms with E-state index >= 15 is 0 Å². The lowest BCUT2D eigenvalue weighted by Gasteiger charge is -2.32. The molecule has 3 rings (SSSR count). The van der Waals surface area contributed by atoms with Crippen LogP contribution in [0.2, 0.25) is 0 Å². The van der Waals surface area contributed by atoms with Gasteiger partial charge in [-0.2, -0.15) is 0 Å². The summed E-state index contributed by atoms with van der Waals surface area (Å²) in [5.41, 5.74) is 4.77. The van der Waals surface area contributed by atoms with Gasteiger partial charge in [0.05, 0.1) is 13.2 Å². The van der Waals surface area contributed by atoms with Crippen LogP contribution in [0.3, 0.4) is 0 Å². The molecule has 1 heterocycles. The van der Waals surface area contributed by atoms with Crippen molar-refractivity contribution in [2.45, 2.75) is 27.2 Å². The Bertz CT molecular complexity index is 683. The summed E-state index contributed by atoms with van der Waals surface area (Å²) in [5.74, 6) is 0. The predicted octanol–water partition coefficient (Wildman–Crippen LogP) is 4.15. The van der Waals surface area contributed by atoms with Crippen molar-refractivity contribution in [1.82, 2.24) is 4.90 Å². The Morgan fingerprint density at radius 1 is 1.19 bits per heavy atom. The lowest BCUT2D eigenvalue weighted by molar-refractivity contribution is 0.0212. The minimum Gasteiger partial charge on any atom is -0.394 e. The molecule has 4 heteroatoms. The zero-order valence-corrected chi connectivity index (χ0v) is 16.2. The normalized spacial score (nSPS) is 23.9. The molecule has 4 nitrogen and oxygen atoms in total. The molecule has 0 spiro atoms. The first-order valence-electron chi connectivity index (χ1n) is 9.49. The predicted molar refractivity (Wildman–Crippen MR) is 107 cm³/mol. The first kappa shape index (κ1) is 18.9. The van der Waals surface area contributed by atoms with Gasteiger partial charge in [-0.3, -0.25) is 4.90 Å². The maximum Gasteiger partial charge on any atom is 0.129 e. The van der Waals surface area contributed by atoms with Crippen molar-refractivity contribution in [3.05, 3.63) is 53.1 Å².